The number of hydrogen-bond acceptors (Lipinski definition) is 3. The Morgan fingerprint density at radius 1 is 1.50 bits per heavy atom. The largest absolute Gasteiger partial charge is 0.506 e. The summed E-state index contributed by atoms with van der Waals surface area (Å²) in [4.78, 5) is 0. The smallest absolute Gasteiger partial charge is 0.139 e. The van der Waals surface area contributed by atoms with Gasteiger partial charge in [0.25, 0.3) is 0 Å². The Kier molecular flexibility index (Phi) is 3.49. The standard InChI is InChI=1S/C12H14BrNO2/c1-7-5-8(12(2,3)6-14)10(15)9(13)11(7)16-4/h5,15H,1-4H3. The van der Waals surface area contributed by atoms with Crippen molar-refractivity contribution in [1.29, 1.82) is 5.26 Å². The number of halogens is 1. The molecule has 1 aromatic carbocycles. The summed E-state index contributed by atoms with van der Waals surface area (Å²) < 4.78 is 5.66. The average molecular weight is 284 g/mol. The molecule has 0 amide bonds. The Balaban J connectivity index is 3.53. The van der Waals surface area contributed by atoms with E-state index in [4.69, 9.17) is 10.00 Å². The first-order valence-corrected chi connectivity index (χ1v) is 5.62. The molecule has 0 fully saturated rings. The first kappa shape index (κ1) is 12.9. The Labute approximate surface area is 104 Å². The second kappa shape index (κ2) is 4.34. The van der Waals surface area contributed by atoms with E-state index >= 15 is 0 Å². The molecule has 0 aromatic heterocycles. The number of nitrogens with zero attached hydrogens (tertiary/aromatic N) is 1. The molecular weight excluding hydrogens is 270 g/mol. The Bertz CT molecular complexity index is 461. The Morgan fingerprint density at radius 2 is 2.06 bits per heavy atom. The summed E-state index contributed by atoms with van der Waals surface area (Å²) in [5.41, 5.74) is 0.745. The molecule has 1 N–H and O–H groups in total. The molecule has 1 rings (SSSR count). The van der Waals surface area contributed by atoms with Crippen LogP contribution in [0.1, 0.15) is 25.0 Å². The zero-order valence-electron chi connectivity index (χ0n) is 9.76. The van der Waals surface area contributed by atoms with E-state index in [-0.39, 0.29) is 5.75 Å². The first-order chi connectivity index (χ1) is 7.35. The van der Waals surface area contributed by atoms with Crippen LogP contribution in [0, 0.1) is 18.3 Å². The van der Waals surface area contributed by atoms with E-state index in [1.54, 1.807) is 27.0 Å². The van der Waals surface area contributed by atoms with Crippen LogP contribution in [-0.2, 0) is 5.41 Å². The lowest BCUT2D eigenvalue weighted by Crippen LogP contribution is -2.14. The normalized spacial score (nSPS) is 11.0. The van der Waals surface area contributed by atoms with Gasteiger partial charge in [-0.1, -0.05) is 0 Å². The lowest BCUT2D eigenvalue weighted by Gasteiger charge is -2.20. The number of aromatic hydroxyl groups is 1. The van der Waals surface area contributed by atoms with Crippen LogP contribution >= 0.6 is 15.9 Å². The predicted molar refractivity (Wildman–Crippen MR) is 65.7 cm³/mol. The summed E-state index contributed by atoms with van der Waals surface area (Å²) in [6.45, 7) is 5.40. The van der Waals surface area contributed by atoms with Gasteiger partial charge < -0.3 is 9.84 Å². The van der Waals surface area contributed by atoms with Crippen molar-refractivity contribution in [2.45, 2.75) is 26.2 Å². The summed E-state index contributed by atoms with van der Waals surface area (Å²) in [6, 6.07) is 3.95. The topological polar surface area (TPSA) is 53.2 Å². The molecule has 0 heterocycles. The van der Waals surface area contributed by atoms with Crippen molar-refractivity contribution in [1.82, 2.24) is 0 Å². The number of hydrogen-bond donors (Lipinski definition) is 1. The summed E-state index contributed by atoms with van der Waals surface area (Å²) in [5.74, 6) is 0.656. The van der Waals surface area contributed by atoms with Crippen LogP contribution in [0.2, 0.25) is 0 Å². The SMILES string of the molecule is COc1c(C)cc(C(C)(C)C#N)c(O)c1Br. The minimum absolute atomic E-state index is 0.0639. The third-order valence-corrected chi connectivity index (χ3v) is 3.27. The van der Waals surface area contributed by atoms with Crippen molar-refractivity contribution in [2.75, 3.05) is 7.11 Å². The van der Waals surface area contributed by atoms with Gasteiger partial charge in [0.05, 0.1) is 18.6 Å². The van der Waals surface area contributed by atoms with Gasteiger partial charge in [0, 0.05) is 5.56 Å². The molecule has 0 saturated carbocycles. The van der Waals surface area contributed by atoms with Crippen molar-refractivity contribution < 1.29 is 9.84 Å². The maximum absolute atomic E-state index is 10.0. The average Bonchev–Trinajstić information content (AvgIpc) is 2.24. The molecule has 0 atom stereocenters. The van der Waals surface area contributed by atoms with E-state index in [9.17, 15) is 5.11 Å². The molecule has 3 nitrogen and oxygen atoms in total. The first-order valence-electron chi connectivity index (χ1n) is 4.83. The highest BCUT2D eigenvalue weighted by molar-refractivity contribution is 9.10. The fraction of sp³-hybridized carbons (Fsp3) is 0.417. The van der Waals surface area contributed by atoms with Crippen molar-refractivity contribution in [3.63, 3.8) is 0 Å². The van der Waals surface area contributed by atoms with Gasteiger partial charge in [-0.2, -0.15) is 5.26 Å². The molecule has 1 aromatic rings. The minimum atomic E-state index is -0.733. The van der Waals surface area contributed by atoms with E-state index in [1.807, 2.05) is 6.92 Å². The highest BCUT2D eigenvalue weighted by Crippen LogP contribution is 2.43. The predicted octanol–water partition coefficient (Wildman–Crippen LogP) is 3.27. The van der Waals surface area contributed by atoms with Crippen LogP contribution in [0.25, 0.3) is 0 Å². The second-order valence-electron chi connectivity index (χ2n) is 4.17. The number of phenolic OH excluding ortho intramolecular Hbond substituents is 1. The van der Waals surface area contributed by atoms with E-state index in [1.165, 1.54) is 0 Å². The molecule has 0 unspecified atom stereocenters. The van der Waals surface area contributed by atoms with Gasteiger partial charge in [0.1, 0.15) is 16.0 Å². The summed E-state index contributed by atoms with van der Waals surface area (Å²) in [5, 5.41) is 19.1. The molecule has 0 aliphatic rings. The van der Waals surface area contributed by atoms with E-state index in [0.29, 0.717) is 15.8 Å². The molecule has 16 heavy (non-hydrogen) atoms. The number of phenols is 1. The lowest BCUT2D eigenvalue weighted by molar-refractivity contribution is 0.397. The summed E-state index contributed by atoms with van der Waals surface area (Å²) >= 11 is 3.28. The van der Waals surface area contributed by atoms with Crippen molar-refractivity contribution in [2.24, 2.45) is 0 Å². The van der Waals surface area contributed by atoms with Gasteiger partial charge in [-0.15, -0.1) is 0 Å². The molecule has 0 aliphatic carbocycles. The molecule has 4 heteroatoms. The van der Waals surface area contributed by atoms with E-state index < -0.39 is 5.41 Å². The molecule has 86 valence electrons. The third kappa shape index (κ3) is 2.00. The monoisotopic (exact) mass is 283 g/mol. The Hall–Kier alpha value is -1.21. The van der Waals surface area contributed by atoms with Crippen LogP contribution in [0.3, 0.4) is 0 Å². The maximum atomic E-state index is 10.0. The van der Waals surface area contributed by atoms with Gasteiger partial charge in [-0.25, -0.2) is 0 Å². The summed E-state index contributed by atoms with van der Waals surface area (Å²) in [6.07, 6.45) is 0. The van der Waals surface area contributed by atoms with Gasteiger partial charge in [-0.05, 0) is 48.3 Å². The van der Waals surface area contributed by atoms with Crippen LogP contribution in [-0.4, -0.2) is 12.2 Å². The molecule has 0 saturated heterocycles. The third-order valence-electron chi connectivity index (χ3n) is 2.54. The second-order valence-corrected chi connectivity index (χ2v) is 4.97. The quantitative estimate of drug-likeness (QED) is 0.906. The lowest BCUT2D eigenvalue weighted by atomic mass is 9.84. The number of aryl methyl sites for hydroxylation is 1. The number of rotatable bonds is 2. The van der Waals surface area contributed by atoms with E-state index in [0.717, 1.165) is 5.56 Å². The fourth-order valence-electron chi connectivity index (χ4n) is 1.54. The molecule has 0 aliphatic heterocycles. The van der Waals surface area contributed by atoms with Gasteiger partial charge in [-0.3, -0.25) is 0 Å². The number of methoxy groups -OCH3 is 1. The van der Waals surface area contributed by atoms with Gasteiger partial charge in [0.2, 0.25) is 0 Å². The van der Waals surface area contributed by atoms with Crippen LogP contribution in [0.5, 0.6) is 11.5 Å². The van der Waals surface area contributed by atoms with Crippen molar-refractivity contribution in [3.05, 3.63) is 21.7 Å². The number of ether oxygens (including phenoxy) is 1. The van der Waals surface area contributed by atoms with Crippen molar-refractivity contribution in [3.8, 4) is 17.6 Å². The minimum Gasteiger partial charge on any atom is -0.506 e. The number of nitriles is 1. The van der Waals surface area contributed by atoms with Crippen LogP contribution in [0.4, 0.5) is 0 Å². The van der Waals surface area contributed by atoms with Gasteiger partial charge >= 0.3 is 0 Å². The van der Waals surface area contributed by atoms with Crippen LogP contribution < -0.4 is 4.74 Å². The van der Waals surface area contributed by atoms with Crippen molar-refractivity contribution >= 4 is 15.9 Å². The zero-order chi connectivity index (χ0) is 12.5. The molecule has 0 radical (unpaired) electrons. The highest BCUT2D eigenvalue weighted by Gasteiger charge is 2.27. The van der Waals surface area contributed by atoms with E-state index in [2.05, 4.69) is 22.0 Å². The van der Waals surface area contributed by atoms with Crippen LogP contribution in [0.15, 0.2) is 10.5 Å². The summed E-state index contributed by atoms with van der Waals surface area (Å²) in [7, 11) is 1.54. The highest BCUT2D eigenvalue weighted by atomic mass is 79.9. The molecule has 0 spiro atoms. The fourth-order valence-corrected chi connectivity index (χ4v) is 2.22. The van der Waals surface area contributed by atoms with Gasteiger partial charge in [0.15, 0.2) is 0 Å². The molecule has 0 bridgehead atoms. The Morgan fingerprint density at radius 3 is 2.50 bits per heavy atom. The zero-order valence-corrected chi connectivity index (χ0v) is 11.3. The maximum Gasteiger partial charge on any atom is 0.139 e. The molecular formula is C12H14BrNO2. The number of benzene rings is 1.